The Morgan fingerprint density at radius 3 is 2.77 bits per heavy atom. The highest BCUT2D eigenvalue weighted by Gasteiger charge is 2.14. The average molecular weight is 382 g/mol. The van der Waals surface area contributed by atoms with Gasteiger partial charge in [-0.05, 0) is 23.6 Å². The normalized spacial score (nSPS) is 11.4. The van der Waals surface area contributed by atoms with E-state index in [0.717, 1.165) is 33.9 Å². The number of aromatic carboxylic acids is 1. The van der Waals surface area contributed by atoms with Crippen molar-refractivity contribution in [1.29, 1.82) is 0 Å². The fourth-order valence-electron chi connectivity index (χ4n) is 2.66. The van der Waals surface area contributed by atoms with Crippen molar-refractivity contribution >= 4 is 46.5 Å². The highest BCUT2D eigenvalue weighted by molar-refractivity contribution is 7.12. The molecule has 0 saturated carbocycles. The number of thiophene rings is 1. The van der Waals surface area contributed by atoms with Gasteiger partial charge in [-0.1, -0.05) is 41.9 Å². The minimum atomic E-state index is -0.989. The number of pyridine rings is 1. The fraction of sp³-hybridized carbons (Fsp3) is 0. The number of halogens is 1. The summed E-state index contributed by atoms with van der Waals surface area (Å²) in [7, 11) is 0. The van der Waals surface area contributed by atoms with E-state index in [9.17, 15) is 9.90 Å². The van der Waals surface area contributed by atoms with E-state index in [0.29, 0.717) is 10.7 Å². The molecule has 0 aliphatic heterocycles. The van der Waals surface area contributed by atoms with Crippen molar-refractivity contribution in [3.8, 4) is 11.3 Å². The molecule has 26 heavy (non-hydrogen) atoms. The maximum atomic E-state index is 11.3. The number of carboxylic acid groups (broad SMARTS) is 1. The molecule has 0 saturated heterocycles. The van der Waals surface area contributed by atoms with E-state index < -0.39 is 5.97 Å². The van der Waals surface area contributed by atoms with Crippen molar-refractivity contribution in [2.75, 3.05) is 0 Å². The first kappa shape index (κ1) is 16.5. The van der Waals surface area contributed by atoms with Crippen LogP contribution in [0.3, 0.4) is 0 Å². The molecule has 4 aromatic rings. The first-order valence-corrected chi connectivity index (χ1v) is 8.97. The van der Waals surface area contributed by atoms with Crippen molar-refractivity contribution < 1.29 is 9.90 Å². The first-order valence-electron chi connectivity index (χ1n) is 7.71. The number of aliphatic imine (C=N–C) groups is 1. The third kappa shape index (κ3) is 3.00. The topological polar surface area (TPSA) is 67.0 Å². The van der Waals surface area contributed by atoms with E-state index in [2.05, 4.69) is 9.98 Å². The molecule has 0 unspecified atom stereocenters. The maximum Gasteiger partial charge on any atom is 0.348 e. The molecule has 5 nitrogen and oxygen atoms in total. The molecule has 7 heteroatoms. The Bertz CT molecular complexity index is 1130. The number of nitrogens with zero attached hydrogens (tertiary/aromatic N) is 3. The van der Waals surface area contributed by atoms with Crippen LogP contribution in [0.25, 0.3) is 16.9 Å². The van der Waals surface area contributed by atoms with Gasteiger partial charge in [0, 0.05) is 11.8 Å². The van der Waals surface area contributed by atoms with Gasteiger partial charge in [-0.2, -0.15) is 0 Å². The Kier molecular flexibility index (Phi) is 4.28. The minimum Gasteiger partial charge on any atom is -0.477 e. The predicted octanol–water partition coefficient (Wildman–Crippen LogP) is 5.17. The van der Waals surface area contributed by atoms with E-state index in [1.165, 1.54) is 0 Å². The molecule has 4 rings (SSSR count). The molecule has 0 spiro atoms. The molecule has 0 fully saturated rings. The number of fused-ring (bicyclic) bond motifs is 1. The highest BCUT2D eigenvalue weighted by Crippen LogP contribution is 2.28. The lowest BCUT2D eigenvalue weighted by Crippen LogP contribution is -1.94. The van der Waals surface area contributed by atoms with Gasteiger partial charge in [-0.25, -0.2) is 9.78 Å². The summed E-state index contributed by atoms with van der Waals surface area (Å²) in [6.45, 7) is 0. The van der Waals surface area contributed by atoms with Gasteiger partial charge in [0.1, 0.15) is 10.5 Å². The summed E-state index contributed by atoms with van der Waals surface area (Å²) in [5.41, 5.74) is 3.58. The molecule has 3 heterocycles. The summed E-state index contributed by atoms with van der Waals surface area (Å²) < 4.78 is 1.85. The van der Waals surface area contributed by atoms with Gasteiger partial charge >= 0.3 is 5.97 Å². The number of aromatic nitrogens is 2. The molecule has 0 atom stereocenters. The maximum absolute atomic E-state index is 11.3. The number of imidazole rings is 1. The van der Waals surface area contributed by atoms with Crippen LogP contribution < -0.4 is 0 Å². The smallest absolute Gasteiger partial charge is 0.348 e. The van der Waals surface area contributed by atoms with Crippen molar-refractivity contribution in [2.24, 2.45) is 4.99 Å². The number of carboxylic acids is 1. The van der Waals surface area contributed by atoms with Gasteiger partial charge in [-0.15, -0.1) is 11.3 Å². The molecule has 0 aliphatic carbocycles. The Balaban J connectivity index is 1.89. The third-order valence-corrected chi connectivity index (χ3v) is 4.95. The van der Waals surface area contributed by atoms with Crippen LogP contribution in [0.1, 0.15) is 15.4 Å². The number of carbonyl (C=O) groups is 1. The van der Waals surface area contributed by atoms with Crippen molar-refractivity contribution in [3.05, 3.63) is 75.7 Å². The zero-order valence-corrected chi connectivity index (χ0v) is 14.9. The summed E-state index contributed by atoms with van der Waals surface area (Å²) in [6, 6.07) is 15.0. The van der Waals surface area contributed by atoms with E-state index in [4.69, 9.17) is 11.6 Å². The fourth-order valence-corrected chi connectivity index (χ4v) is 3.50. The zero-order valence-electron chi connectivity index (χ0n) is 13.3. The highest BCUT2D eigenvalue weighted by atomic mass is 35.5. The molecular weight excluding hydrogens is 370 g/mol. The second kappa shape index (κ2) is 6.74. The van der Waals surface area contributed by atoms with Crippen LogP contribution in [0.2, 0.25) is 5.02 Å². The van der Waals surface area contributed by atoms with Crippen LogP contribution in [-0.2, 0) is 0 Å². The quantitative estimate of drug-likeness (QED) is 0.496. The van der Waals surface area contributed by atoms with E-state index >= 15 is 0 Å². The third-order valence-electron chi connectivity index (χ3n) is 3.83. The predicted molar refractivity (Wildman–Crippen MR) is 104 cm³/mol. The van der Waals surface area contributed by atoms with Crippen LogP contribution in [0.5, 0.6) is 0 Å². The summed E-state index contributed by atoms with van der Waals surface area (Å²) in [6.07, 6.45) is 3.40. The lowest BCUT2D eigenvalue weighted by molar-refractivity contribution is 0.0703. The molecule has 128 valence electrons. The Morgan fingerprint density at radius 2 is 2.00 bits per heavy atom. The van der Waals surface area contributed by atoms with Crippen LogP contribution >= 0.6 is 22.9 Å². The molecule has 3 aromatic heterocycles. The number of benzene rings is 1. The van der Waals surface area contributed by atoms with E-state index in [-0.39, 0.29) is 4.88 Å². The van der Waals surface area contributed by atoms with Crippen molar-refractivity contribution in [3.63, 3.8) is 0 Å². The standard InChI is InChI=1S/C19H12ClN3O2S/c20-13-6-7-16-22-17(12-4-2-1-3-5-12)15(23(16)11-13)10-21-14-8-9-26-18(14)19(24)25/h1-11H,(H,24,25). The molecular formula is C19H12ClN3O2S. The molecule has 1 N–H and O–H groups in total. The van der Waals surface area contributed by atoms with Crippen molar-refractivity contribution in [1.82, 2.24) is 9.38 Å². The summed E-state index contributed by atoms with van der Waals surface area (Å²) in [5.74, 6) is -0.989. The Hall–Kier alpha value is -2.96. The lowest BCUT2D eigenvalue weighted by atomic mass is 10.1. The average Bonchev–Trinajstić information content (AvgIpc) is 3.25. The molecule has 0 aliphatic rings. The van der Waals surface area contributed by atoms with Gasteiger partial charge in [0.05, 0.1) is 28.3 Å². The molecule has 0 amide bonds. The monoisotopic (exact) mass is 381 g/mol. The largest absolute Gasteiger partial charge is 0.477 e. The molecule has 1 aromatic carbocycles. The van der Waals surface area contributed by atoms with E-state index in [1.54, 1.807) is 29.9 Å². The second-order valence-corrected chi connectivity index (χ2v) is 6.84. The second-order valence-electron chi connectivity index (χ2n) is 5.49. The van der Waals surface area contributed by atoms with Gasteiger partial charge in [0.25, 0.3) is 0 Å². The minimum absolute atomic E-state index is 0.203. The van der Waals surface area contributed by atoms with Gasteiger partial charge < -0.3 is 5.11 Å². The SMILES string of the molecule is O=C(O)c1sccc1N=Cc1c(-c2ccccc2)nc2ccc(Cl)cn12. The number of hydrogen-bond acceptors (Lipinski definition) is 4. The summed E-state index contributed by atoms with van der Waals surface area (Å²) >= 11 is 7.29. The van der Waals surface area contributed by atoms with Crippen LogP contribution in [-0.4, -0.2) is 26.7 Å². The Labute approximate surface area is 157 Å². The molecule has 0 radical (unpaired) electrons. The van der Waals surface area contributed by atoms with Gasteiger partial charge in [-0.3, -0.25) is 9.39 Å². The van der Waals surface area contributed by atoms with Crippen LogP contribution in [0.15, 0.2) is 65.1 Å². The molecule has 0 bridgehead atoms. The van der Waals surface area contributed by atoms with Crippen molar-refractivity contribution in [2.45, 2.75) is 0 Å². The van der Waals surface area contributed by atoms with Crippen LogP contribution in [0, 0.1) is 0 Å². The van der Waals surface area contributed by atoms with Gasteiger partial charge in [0.2, 0.25) is 0 Å². The Morgan fingerprint density at radius 1 is 1.19 bits per heavy atom. The van der Waals surface area contributed by atoms with E-state index in [1.807, 2.05) is 40.8 Å². The van der Waals surface area contributed by atoms with Gasteiger partial charge in [0.15, 0.2) is 0 Å². The zero-order chi connectivity index (χ0) is 18.1. The lowest BCUT2D eigenvalue weighted by Gasteiger charge is -2.01. The number of hydrogen-bond donors (Lipinski definition) is 1. The summed E-state index contributed by atoms with van der Waals surface area (Å²) in [4.78, 5) is 20.6. The number of rotatable bonds is 4. The van der Waals surface area contributed by atoms with Crippen LogP contribution in [0.4, 0.5) is 5.69 Å². The summed E-state index contributed by atoms with van der Waals surface area (Å²) in [5, 5.41) is 11.5. The first-order chi connectivity index (χ1) is 12.6.